The van der Waals surface area contributed by atoms with Crippen molar-refractivity contribution in [1.29, 1.82) is 5.26 Å². The van der Waals surface area contributed by atoms with Gasteiger partial charge in [0.25, 0.3) is 5.88 Å². The number of ether oxygens (including phenoxy) is 1. The molecule has 0 bridgehead atoms. The molecule has 18 heavy (non-hydrogen) atoms. The molecule has 0 saturated carbocycles. The van der Waals surface area contributed by atoms with Gasteiger partial charge in [0, 0.05) is 7.05 Å². The summed E-state index contributed by atoms with van der Waals surface area (Å²) in [5.41, 5.74) is 8.20. The van der Waals surface area contributed by atoms with Gasteiger partial charge >= 0.3 is 0 Å². The summed E-state index contributed by atoms with van der Waals surface area (Å²) in [6.45, 7) is 2.39. The summed E-state index contributed by atoms with van der Waals surface area (Å²) < 4.78 is 6.95. The number of rotatable bonds is 3. The van der Waals surface area contributed by atoms with Crippen LogP contribution in [0.2, 0.25) is 0 Å². The number of hydrogen-bond acceptors (Lipinski definition) is 4. The highest BCUT2D eigenvalue weighted by Crippen LogP contribution is 2.22. The Bertz CT molecular complexity index is 593. The van der Waals surface area contributed by atoms with E-state index in [-0.39, 0.29) is 11.4 Å². The fourth-order valence-corrected chi connectivity index (χ4v) is 1.55. The van der Waals surface area contributed by atoms with Gasteiger partial charge in [0.2, 0.25) is 0 Å². The lowest BCUT2D eigenvalue weighted by Gasteiger charge is -2.03. The second kappa shape index (κ2) is 4.80. The van der Waals surface area contributed by atoms with Gasteiger partial charge in [-0.05, 0) is 12.5 Å². The Balaban J connectivity index is 2.13. The van der Waals surface area contributed by atoms with Crippen molar-refractivity contribution in [2.24, 2.45) is 7.05 Å². The first kappa shape index (κ1) is 12.0. The van der Waals surface area contributed by atoms with Crippen LogP contribution in [0.25, 0.3) is 0 Å². The number of nitrogen functional groups attached to an aromatic ring is 1. The van der Waals surface area contributed by atoms with E-state index in [0.717, 1.165) is 5.56 Å². The van der Waals surface area contributed by atoms with Crippen molar-refractivity contribution in [3.05, 3.63) is 41.0 Å². The van der Waals surface area contributed by atoms with Crippen LogP contribution >= 0.6 is 0 Å². The molecule has 5 heteroatoms. The molecular formula is C13H14N4O. The van der Waals surface area contributed by atoms with Crippen molar-refractivity contribution in [3.8, 4) is 11.9 Å². The highest BCUT2D eigenvalue weighted by atomic mass is 16.5. The topological polar surface area (TPSA) is 76.9 Å². The second-order valence-corrected chi connectivity index (χ2v) is 4.08. The summed E-state index contributed by atoms with van der Waals surface area (Å²) in [6.07, 6.45) is 0. The summed E-state index contributed by atoms with van der Waals surface area (Å²) in [7, 11) is 1.68. The second-order valence-electron chi connectivity index (χ2n) is 4.08. The third kappa shape index (κ3) is 2.28. The molecule has 1 aromatic heterocycles. The monoisotopic (exact) mass is 242 g/mol. The summed E-state index contributed by atoms with van der Waals surface area (Å²) in [5, 5.41) is 13.0. The van der Waals surface area contributed by atoms with Gasteiger partial charge in [-0.25, -0.2) is 4.68 Å². The minimum atomic E-state index is 0.276. The summed E-state index contributed by atoms with van der Waals surface area (Å²) >= 11 is 0. The van der Waals surface area contributed by atoms with Crippen LogP contribution in [0.3, 0.4) is 0 Å². The maximum Gasteiger partial charge on any atom is 0.253 e. The van der Waals surface area contributed by atoms with E-state index in [0.29, 0.717) is 12.4 Å². The third-order valence-electron chi connectivity index (χ3n) is 2.67. The number of hydrogen-bond donors (Lipinski definition) is 1. The first-order valence-corrected chi connectivity index (χ1v) is 5.52. The van der Waals surface area contributed by atoms with E-state index >= 15 is 0 Å². The number of nitrogens with two attached hydrogens (primary N) is 1. The lowest BCUT2D eigenvalue weighted by molar-refractivity contribution is 0.290. The molecular weight excluding hydrogens is 228 g/mol. The average molecular weight is 242 g/mol. The Morgan fingerprint density at radius 3 is 2.67 bits per heavy atom. The van der Waals surface area contributed by atoms with E-state index in [2.05, 4.69) is 5.10 Å². The molecule has 0 atom stereocenters. The third-order valence-corrected chi connectivity index (χ3v) is 2.67. The zero-order valence-corrected chi connectivity index (χ0v) is 10.3. The van der Waals surface area contributed by atoms with Crippen LogP contribution in [-0.2, 0) is 13.7 Å². The van der Waals surface area contributed by atoms with Gasteiger partial charge in [-0.3, -0.25) is 0 Å². The Kier molecular flexibility index (Phi) is 3.20. The fraction of sp³-hybridized carbons (Fsp3) is 0.231. The molecule has 2 rings (SSSR count). The highest BCUT2D eigenvalue weighted by Gasteiger charge is 2.14. The molecule has 92 valence electrons. The quantitative estimate of drug-likeness (QED) is 0.889. The Hall–Kier alpha value is -2.48. The summed E-state index contributed by atoms with van der Waals surface area (Å²) in [6, 6.07) is 9.98. The number of anilines is 1. The number of nitriles is 1. The normalized spacial score (nSPS) is 10.1. The fourth-order valence-electron chi connectivity index (χ4n) is 1.55. The first-order chi connectivity index (χ1) is 8.61. The van der Waals surface area contributed by atoms with Crippen molar-refractivity contribution in [2.75, 3.05) is 5.73 Å². The molecule has 0 unspecified atom stereocenters. The van der Waals surface area contributed by atoms with Gasteiger partial charge in [0.1, 0.15) is 18.5 Å². The summed E-state index contributed by atoms with van der Waals surface area (Å²) in [4.78, 5) is 0. The minimum Gasteiger partial charge on any atom is -0.471 e. The van der Waals surface area contributed by atoms with Gasteiger partial charge in [-0.15, -0.1) is 5.10 Å². The van der Waals surface area contributed by atoms with E-state index in [1.54, 1.807) is 7.05 Å². The smallest absolute Gasteiger partial charge is 0.253 e. The van der Waals surface area contributed by atoms with E-state index in [9.17, 15) is 0 Å². The molecule has 0 radical (unpaired) electrons. The molecule has 1 heterocycles. The number of aromatic nitrogens is 2. The van der Waals surface area contributed by atoms with Crippen molar-refractivity contribution >= 4 is 5.82 Å². The van der Waals surface area contributed by atoms with Crippen LogP contribution in [-0.4, -0.2) is 9.78 Å². The van der Waals surface area contributed by atoms with Crippen molar-refractivity contribution in [3.63, 3.8) is 0 Å². The predicted octanol–water partition coefficient (Wildman–Crippen LogP) is 1.76. The maximum absolute atomic E-state index is 8.98. The molecule has 0 aliphatic carbocycles. The largest absolute Gasteiger partial charge is 0.471 e. The SMILES string of the molecule is Cc1ccc(COc2nn(C)c(N)c2C#N)cc1. The van der Waals surface area contributed by atoms with E-state index < -0.39 is 0 Å². The Labute approximate surface area is 105 Å². The maximum atomic E-state index is 8.98. The van der Waals surface area contributed by atoms with Gasteiger partial charge in [0.15, 0.2) is 5.56 Å². The van der Waals surface area contributed by atoms with E-state index in [1.807, 2.05) is 37.3 Å². The van der Waals surface area contributed by atoms with Crippen molar-refractivity contribution in [2.45, 2.75) is 13.5 Å². The highest BCUT2D eigenvalue weighted by molar-refractivity contribution is 5.54. The van der Waals surface area contributed by atoms with Crippen LogP contribution in [0.15, 0.2) is 24.3 Å². The van der Waals surface area contributed by atoms with E-state index in [4.69, 9.17) is 15.7 Å². The number of aryl methyl sites for hydroxylation is 2. The number of nitrogens with zero attached hydrogens (tertiary/aromatic N) is 3. The Morgan fingerprint density at radius 2 is 2.06 bits per heavy atom. The molecule has 5 nitrogen and oxygen atoms in total. The first-order valence-electron chi connectivity index (χ1n) is 5.52. The lowest BCUT2D eigenvalue weighted by Crippen LogP contribution is -1.98. The average Bonchev–Trinajstić information content (AvgIpc) is 2.64. The minimum absolute atomic E-state index is 0.276. The number of benzene rings is 1. The lowest BCUT2D eigenvalue weighted by atomic mass is 10.2. The van der Waals surface area contributed by atoms with E-state index in [1.165, 1.54) is 10.2 Å². The molecule has 0 aliphatic heterocycles. The van der Waals surface area contributed by atoms with Crippen LogP contribution in [0.5, 0.6) is 5.88 Å². The van der Waals surface area contributed by atoms with Gasteiger partial charge in [-0.1, -0.05) is 29.8 Å². The molecule has 0 fully saturated rings. The molecule has 0 amide bonds. The molecule has 0 spiro atoms. The van der Waals surface area contributed by atoms with Crippen molar-refractivity contribution in [1.82, 2.24) is 9.78 Å². The zero-order valence-electron chi connectivity index (χ0n) is 10.3. The molecule has 2 aromatic rings. The molecule has 0 saturated heterocycles. The van der Waals surface area contributed by atoms with Gasteiger partial charge in [0.05, 0.1) is 0 Å². The van der Waals surface area contributed by atoms with Crippen LogP contribution in [0.4, 0.5) is 5.82 Å². The van der Waals surface area contributed by atoms with Crippen LogP contribution < -0.4 is 10.5 Å². The van der Waals surface area contributed by atoms with Crippen molar-refractivity contribution < 1.29 is 4.74 Å². The summed E-state index contributed by atoms with van der Waals surface area (Å²) in [5.74, 6) is 0.592. The standard InChI is InChI=1S/C13H14N4O/c1-9-3-5-10(6-4-9)8-18-13-11(7-14)12(15)17(2)16-13/h3-6H,8,15H2,1-2H3. The molecule has 2 N–H and O–H groups in total. The molecule has 0 aliphatic rings. The zero-order chi connectivity index (χ0) is 13.1. The van der Waals surface area contributed by atoms with Crippen LogP contribution in [0.1, 0.15) is 16.7 Å². The molecule has 1 aromatic carbocycles. The van der Waals surface area contributed by atoms with Gasteiger partial charge in [-0.2, -0.15) is 5.26 Å². The Morgan fingerprint density at radius 1 is 1.39 bits per heavy atom. The predicted molar refractivity (Wildman–Crippen MR) is 67.8 cm³/mol. The van der Waals surface area contributed by atoms with Gasteiger partial charge < -0.3 is 10.5 Å². The van der Waals surface area contributed by atoms with Crippen LogP contribution in [0, 0.1) is 18.3 Å².